The fourth-order valence-electron chi connectivity index (χ4n) is 7.26. The molecule has 0 N–H and O–H groups in total. The lowest BCUT2D eigenvalue weighted by Crippen LogP contribution is -2.46. The molecule has 1 aromatic carbocycles. The SMILES string of the molecule is C=C(F)C(=O)N1CCC(n2cnc3c(OC(C)C4CCCN4C)nc4c(=O)n(-c5cccc(Cl)c5C)c(C(F)(F)F)cc4c32)CC1CC#N. The summed E-state index contributed by atoms with van der Waals surface area (Å²) >= 11 is 6.29. The second kappa shape index (κ2) is 13.1. The maximum atomic E-state index is 14.9. The number of ether oxygens (including phenoxy) is 1. The highest BCUT2D eigenvalue weighted by Gasteiger charge is 2.39. The average molecular weight is 700 g/mol. The molecule has 0 radical (unpaired) electrons. The quantitative estimate of drug-likeness (QED) is 0.160. The predicted molar refractivity (Wildman–Crippen MR) is 175 cm³/mol. The van der Waals surface area contributed by atoms with E-state index in [-0.39, 0.29) is 75.9 Å². The molecule has 49 heavy (non-hydrogen) atoms. The molecule has 0 saturated carbocycles. The van der Waals surface area contributed by atoms with Gasteiger partial charge in [-0.15, -0.1) is 0 Å². The maximum Gasteiger partial charge on any atom is 0.431 e. The van der Waals surface area contributed by atoms with Crippen LogP contribution >= 0.6 is 11.6 Å². The molecule has 0 spiro atoms. The van der Waals surface area contributed by atoms with Crippen molar-refractivity contribution in [3.05, 3.63) is 69.6 Å². The Morgan fingerprint density at radius 2 is 2.00 bits per heavy atom. The van der Waals surface area contributed by atoms with Crippen LogP contribution in [-0.2, 0) is 11.0 Å². The Hall–Kier alpha value is -4.48. The Bertz CT molecular complexity index is 2070. The Kier molecular flexibility index (Phi) is 9.19. The first-order valence-electron chi connectivity index (χ1n) is 15.9. The van der Waals surface area contributed by atoms with Gasteiger partial charge in [-0.3, -0.25) is 19.1 Å². The van der Waals surface area contributed by atoms with E-state index in [9.17, 15) is 32.4 Å². The zero-order chi connectivity index (χ0) is 35.4. The second-order valence-electron chi connectivity index (χ2n) is 12.7. The molecule has 6 rings (SSSR count). The largest absolute Gasteiger partial charge is 0.471 e. The smallest absolute Gasteiger partial charge is 0.431 e. The topological polar surface area (TPSA) is 109 Å². The molecule has 2 aliphatic heterocycles. The van der Waals surface area contributed by atoms with Gasteiger partial charge < -0.3 is 14.2 Å². The van der Waals surface area contributed by atoms with Crippen molar-refractivity contribution < 1.29 is 27.1 Å². The van der Waals surface area contributed by atoms with E-state index in [4.69, 9.17) is 16.3 Å². The number of piperidine rings is 1. The number of alkyl halides is 3. The second-order valence-corrected chi connectivity index (χ2v) is 13.1. The number of fused-ring (bicyclic) bond motifs is 3. The number of halogens is 5. The molecule has 2 fully saturated rings. The van der Waals surface area contributed by atoms with Gasteiger partial charge in [-0.1, -0.05) is 24.2 Å². The van der Waals surface area contributed by atoms with Gasteiger partial charge in [0.05, 0.1) is 30.0 Å². The Balaban J connectivity index is 1.60. The minimum atomic E-state index is -4.96. The number of hydrogen-bond acceptors (Lipinski definition) is 7. The molecule has 10 nitrogen and oxygen atoms in total. The van der Waals surface area contributed by atoms with Crippen LogP contribution in [0.1, 0.15) is 56.3 Å². The first-order chi connectivity index (χ1) is 23.2. The molecule has 4 aromatic rings. The normalized spacial score (nSPS) is 20.9. The summed E-state index contributed by atoms with van der Waals surface area (Å²) in [4.78, 5) is 39.4. The van der Waals surface area contributed by atoms with Gasteiger partial charge >= 0.3 is 6.18 Å². The van der Waals surface area contributed by atoms with Crippen molar-refractivity contribution in [1.29, 1.82) is 5.26 Å². The monoisotopic (exact) mass is 699 g/mol. The highest BCUT2D eigenvalue weighted by atomic mass is 35.5. The highest BCUT2D eigenvalue weighted by Crippen LogP contribution is 2.40. The van der Waals surface area contributed by atoms with Gasteiger partial charge in [-0.05, 0) is 76.9 Å². The predicted octanol–water partition coefficient (Wildman–Crippen LogP) is 6.51. The van der Waals surface area contributed by atoms with Crippen molar-refractivity contribution in [2.75, 3.05) is 20.1 Å². The third kappa shape index (κ3) is 6.14. The minimum Gasteiger partial charge on any atom is -0.471 e. The van der Waals surface area contributed by atoms with E-state index in [0.29, 0.717) is 4.57 Å². The van der Waals surface area contributed by atoms with E-state index in [1.54, 1.807) is 4.57 Å². The number of pyridine rings is 2. The number of aromatic nitrogens is 4. The van der Waals surface area contributed by atoms with Gasteiger partial charge in [-0.25, -0.2) is 14.4 Å². The Morgan fingerprint density at radius 1 is 1.24 bits per heavy atom. The van der Waals surface area contributed by atoms with Gasteiger partial charge in [0, 0.05) is 35.1 Å². The van der Waals surface area contributed by atoms with E-state index in [1.807, 2.05) is 20.0 Å². The first-order valence-corrected chi connectivity index (χ1v) is 16.3. The number of imidazole rings is 1. The molecule has 2 aliphatic rings. The van der Waals surface area contributed by atoms with Crippen LogP contribution in [0.2, 0.25) is 5.02 Å². The van der Waals surface area contributed by atoms with Crippen LogP contribution < -0.4 is 10.3 Å². The van der Waals surface area contributed by atoms with Crippen molar-refractivity contribution in [1.82, 2.24) is 28.9 Å². The molecular formula is C34H34ClF4N7O3. The number of rotatable bonds is 7. The fourth-order valence-corrected chi connectivity index (χ4v) is 7.43. The van der Waals surface area contributed by atoms with E-state index in [0.717, 1.165) is 25.5 Å². The summed E-state index contributed by atoms with van der Waals surface area (Å²) in [5.41, 5.74) is -1.93. The van der Waals surface area contributed by atoms with Gasteiger partial charge in [-0.2, -0.15) is 18.4 Å². The number of likely N-dealkylation sites (N-methyl/N-ethyl adjacent to an activating group) is 1. The molecule has 4 unspecified atom stereocenters. The fraction of sp³-hybridized carbons (Fsp3) is 0.441. The van der Waals surface area contributed by atoms with Gasteiger partial charge in [0.2, 0.25) is 5.88 Å². The third-order valence-electron chi connectivity index (χ3n) is 9.74. The number of nitriles is 1. The molecule has 3 aromatic heterocycles. The molecule has 1 amide bonds. The van der Waals surface area contributed by atoms with E-state index in [1.165, 1.54) is 36.4 Å². The molecule has 0 bridgehead atoms. The van der Waals surface area contributed by atoms with Crippen LogP contribution in [0.4, 0.5) is 17.6 Å². The molecule has 2 saturated heterocycles. The van der Waals surface area contributed by atoms with Gasteiger partial charge in [0.1, 0.15) is 17.3 Å². The summed E-state index contributed by atoms with van der Waals surface area (Å²) in [5, 5.41) is 9.60. The van der Waals surface area contributed by atoms with E-state index < -0.39 is 47.4 Å². The number of amides is 1. The lowest BCUT2D eigenvalue weighted by Gasteiger charge is -2.38. The Morgan fingerprint density at radius 3 is 2.65 bits per heavy atom. The van der Waals surface area contributed by atoms with Crippen molar-refractivity contribution in [3.8, 4) is 17.6 Å². The molecule has 4 atom stereocenters. The van der Waals surface area contributed by atoms with Crippen LogP contribution in [-0.4, -0.2) is 73.1 Å². The number of hydrogen-bond donors (Lipinski definition) is 0. The lowest BCUT2D eigenvalue weighted by atomic mass is 9.94. The van der Waals surface area contributed by atoms with Gasteiger partial charge in [0.15, 0.2) is 11.3 Å². The number of carbonyl (C=O) groups is 1. The highest BCUT2D eigenvalue weighted by molar-refractivity contribution is 6.31. The Labute approximate surface area is 284 Å². The average Bonchev–Trinajstić information content (AvgIpc) is 3.69. The number of carbonyl (C=O) groups excluding carboxylic acids is 1. The molecule has 0 aliphatic carbocycles. The first kappa shape index (κ1) is 34.4. The van der Waals surface area contributed by atoms with Crippen LogP contribution in [0.15, 0.2) is 47.8 Å². The summed E-state index contributed by atoms with van der Waals surface area (Å²) in [6.07, 6.45) is -1.75. The number of nitrogens with zero attached hydrogens (tertiary/aromatic N) is 7. The van der Waals surface area contributed by atoms with Crippen LogP contribution in [0.25, 0.3) is 27.6 Å². The van der Waals surface area contributed by atoms with Crippen molar-refractivity contribution in [2.24, 2.45) is 0 Å². The molecule has 15 heteroatoms. The van der Waals surface area contributed by atoms with Crippen LogP contribution in [0.5, 0.6) is 5.88 Å². The summed E-state index contributed by atoms with van der Waals surface area (Å²) in [6, 6.07) is 6.15. The zero-order valence-corrected chi connectivity index (χ0v) is 27.9. The van der Waals surface area contributed by atoms with Crippen molar-refractivity contribution in [2.45, 2.75) is 76.4 Å². The van der Waals surface area contributed by atoms with Crippen LogP contribution in [0, 0.1) is 18.3 Å². The zero-order valence-electron chi connectivity index (χ0n) is 27.1. The number of likely N-dealkylation sites (tertiary alicyclic amines) is 2. The minimum absolute atomic E-state index is 0.00445. The molecule has 5 heterocycles. The van der Waals surface area contributed by atoms with Crippen LogP contribution in [0.3, 0.4) is 0 Å². The molecule has 258 valence electrons. The standard InChI is InChI=1S/C34H34ClF4N7O3/c1-18-24(35)7-5-8-25(18)46-27(34(37,38)39)16-23-28(33(46)48)42-31(49-20(3)26-9-6-13-43(26)4)29-30(23)45(17-41-29)22-11-14-44(32(47)19(2)36)21(15-22)10-12-40/h5,7-8,16-17,20-22,26H,2,6,9-11,13-15H2,1,3-4H3. The maximum absolute atomic E-state index is 14.9. The summed E-state index contributed by atoms with van der Waals surface area (Å²) < 4.78 is 67.1. The van der Waals surface area contributed by atoms with E-state index >= 15 is 0 Å². The third-order valence-corrected chi connectivity index (χ3v) is 10.1. The number of benzene rings is 1. The van der Waals surface area contributed by atoms with Crippen molar-refractivity contribution >= 4 is 39.4 Å². The molecular weight excluding hydrogens is 666 g/mol. The van der Waals surface area contributed by atoms with Gasteiger partial charge in [0.25, 0.3) is 11.5 Å². The summed E-state index contributed by atoms with van der Waals surface area (Å²) in [5.74, 6) is -2.08. The summed E-state index contributed by atoms with van der Waals surface area (Å²) in [7, 11) is 1.98. The summed E-state index contributed by atoms with van der Waals surface area (Å²) in [6.45, 7) is 7.44. The lowest BCUT2D eigenvalue weighted by molar-refractivity contribution is -0.142. The van der Waals surface area contributed by atoms with Crippen molar-refractivity contribution in [3.63, 3.8) is 0 Å². The van der Waals surface area contributed by atoms with E-state index in [2.05, 4.69) is 21.4 Å².